The Labute approximate surface area is 161 Å². The molecule has 3 aromatic heterocycles. The van der Waals surface area contributed by atoms with Gasteiger partial charge in [-0.25, -0.2) is 4.98 Å². The van der Waals surface area contributed by atoms with Crippen molar-refractivity contribution in [2.75, 3.05) is 5.32 Å². The quantitative estimate of drug-likeness (QED) is 0.515. The number of thiophene rings is 1. The van der Waals surface area contributed by atoms with Crippen molar-refractivity contribution in [3.05, 3.63) is 55.5 Å². The lowest BCUT2D eigenvalue weighted by molar-refractivity contribution is 0.789. The third kappa shape index (κ3) is 3.25. The average Bonchev–Trinajstić information content (AvgIpc) is 3.36. The Morgan fingerprint density at radius 1 is 1.20 bits per heavy atom. The van der Waals surface area contributed by atoms with Gasteiger partial charge < -0.3 is 5.32 Å². The molecule has 0 aliphatic heterocycles. The summed E-state index contributed by atoms with van der Waals surface area (Å²) in [7, 11) is 0. The van der Waals surface area contributed by atoms with Crippen molar-refractivity contribution in [3.8, 4) is 16.9 Å². The SMILES string of the molecule is Clc1cccc(-n2nnnc2NCc2scnc2-c2ccsc2)c1Cl. The summed E-state index contributed by atoms with van der Waals surface area (Å²) >= 11 is 15.6. The van der Waals surface area contributed by atoms with E-state index in [-0.39, 0.29) is 0 Å². The minimum absolute atomic E-state index is 0.399. The summed E-state index contributed by atoms with van der Waals surface area (Å²) in [5.41, 5.74) is 4.53. The van der Waals surface area contributed by atoms with Crippen LogP contribution in [0, 0.1) is 0 Å². The number of halogens is 2. The van der Waals surface area contributed by atoms with Gasteiger partial charge in [0.15, 0.2) is 0 Å². The summed E-state index contributed by atoms with van der Waals surface area (Å²) in [5, 5.41) is 20.0. The van der Waals surface area contributed by atoms with E-state index in [4.69, 9.17) is 23.2 Å². The number of hydrogen-bond donors (Lipinski definition) is 1. The van der Waals surface area contributed by atoms with E-state index in [1.54, 1.807) is 40.9 Å². The molecule has 0 bridgehead atoms. The lowest BCUT2D eigenvalue weighted by Gasteiger charge is -2.09. The summed E-state index contributed by atoms with van der Waals surface area (Å²) in [4.78, 5) is 5.56. The predicted octanol–water partition coefficient (Wildman–Crippen LogP) is 4.77. The Hall–Kier alpha value is -2.00. The van der Waals surface area contributed by atoms with Gasteiger partial charge in [0.1, 0.15) is 0 Å². The number of nitrogens with one attached hydrogen (secondary N) is 1. The lowest BCUT2D eigenvalue weighted by Crippen LogP contribution is -2.07. The van der Waals surface area contributed by atoms with Crippen molar-refractivity contribution >= 4 is 51.8 Å². The molecule has 3 heterocycles. The molecule has 0 fully saturated rings. The molecule has 4 aromatic rings. The van der Waals surface area contributed by atoms with Crippen LogP contribution in [0.15, 0.2) is 40.5 Å². The van der Waals surface area contributed by atoms with E-state index in [1.807, 2.05) is 10.9 Å². The van der Waals surface area contributed by atoms with Crippen molar-refractivity contribution in [2.45, 2.75) is 6.54 Å². The van der Waals surface area contributed by atoms with Crippen LogP contribution in [0.25, 0.3) is 16.9 Å². The smallest absolute Gasteiger partial charge is 0.248 e. The normalized spacial score (nSPS) is 11.0. The molecule has 0 unspecified atom stereocenters. The molecule has 0 saturated heterocycles. The average molecular weight is 409 g/mol. The molecule has 0 radical (unpaired) electrons. The van der Waals surface area contributed by atoms with Crippen LogP contribution in [0.3, 0.4) is 0 Å². The molecule has 1 N–H and O–H groups in total. The van der Waals surface area contributed by atoms with Crippen molar-refractivity contribution in [2.24, 2.45) is 0 Å². The fourth-order valence-electron chi connectivity index (χ4n) is 2.31. The summed E-state index contributed by atoms with van der Waals surface area (Å²) in [6.45, 7) is 0.550. The minimum Gasteiger partial charge on any atom is -0.348 e. The van der Waals surface area contributed by atoms with Gasteiger partial charge >= 0.3 is 0 Å². The number of aromatic nitrogens is 5. The maximum Gasteiger partial charge on any atom is 0.248 e. The highest BCUT2D eigenvalue weighted by Gasteiger charge is 2.15. The molecule has 4 rings (SSSR count). The number of anilines is 1. The van der Waals surface area contributed by atoms with Crippen LogP contribution in [0.2, 0.25) is 10.0 Å². The first-order valence-corrected chi connectivity index (χ1v) is 9.73. The first-order valence-electron chi connectivity index (χ1n) is 7.15. The van der Waals surface area contributed by atoms with E-state index >= 15 is 0 Å². The van der Waals surface area contributed by atoms with Crippen LogP contribution in [0.5, 0.6) is 0 Å². The Morgan fingerprint density at radius 2 is 2.12 bits per heavy atom. The standard InChI is InChI=1S/C15H10Cl2N6S2/c16-10-2-1-3-11(13(10)17)23-15(20-21-22-23)18-6-12-14(19-8-25-12)9-4-5-24-7-9/h1-5,7-8H,6H2,(H,18,20,22). The molecule has 0 aliphatic rings. The zero-order valence-corrected chi connectivity index (χ0v) is 15.7. The number of thiazole rings is 1. The van der Waals surface area contributed by atoms with E-state index in [0.717, 1.165) is 16.1 Å². The highest BCUT2D eigenvalue weighted by molar-refractivity contribution is 7.10. The molecule has 0 atom stereocenters. The van der Waals surface area contributed by atoms with E-state index < -0.39 is 0 Å². The zero-order valence-electron chi connectivity index (χ0n) is 12.6. The largest absolute Gasteiger partial charge is 0.348 e. The monoisotopic (exact) mass is 408 g/mol. The number of tetrazole rings is 1. The third-order valence-corrected chi connectivity index (χ3v) is 5.80. The summed E-state index contributed by atoms with van der Waals surface area (Å²) in [5.74, 6) is 0.480. The van der Waals surface area contributed by atoms with Crippen LogP contribution in [-0.2, 0) is 6.54 Å². The Morgan fingerprint density at radius 3 is 2.96 bits per heavy atom. The molecule has 1 aromatic carbocycles. The Kier molecular flexibility index (Phi) is 4.67. The van der Waals surface area contributed by atoms with Gasteiger partial charge in [0, 0.05) is 10.9 Å². The predicted molar refractivity (Wildman–Crippen MR) is 102 cm³/mol. The van der Waals surface area contributed by atoms with Gasteiger partial charge in [0.05, 0.1) is 38.4 Å². The molecule has 126 valence electrons. The molecule has 25 heavy (non-hydrogen) atoms. The van der Waals surface area contributed by atoms with Crippen LogP contribution >= 0.6 is 45.9 Å². The van der Waals surface area contributed by atoms with Gasteiger partial charge in [-0.3, -0.25) is 0 Å². The summed E-state index contributed by atoms with van der Waals surface area (Å²) < 4.78 is 1.53. The molecular formula is C15H10Cl2N6S2. The second-order valence-corrected chi connectivity index (χ2v) is 7.48. The fraction of sp³-hybridized carbons (Fsp3) is 0.0667. The highest BCUT2D eigenvalue weighted by atomic mass is 35.5. The van der Waals surface area contributed by atoms with Crippen LogP contribution in [-0.4, -0.2) is 25.2 Å². The zero-order chi connectivity index (χ0) is 17.2. The highest BCUT2D eigenvalue weighted by Crippen LogP contribution is 2.30. The Balaban J connectivity index is 1.59. The molecular weight excluding hydrogens is 399 g/mol. The van der Waals surface area contributed by atoms with Gasteiger partial charge in [0.2, 0.25) is 5.95 Å². The van der Waals surface area contributed by atoms with E-state index in [9.17, 15) is 0 Å². The number of rotatable bonds is 5. The fourth-order valence-corrected chi connectivity index (χ4v) is 4.04. The first kappa shape index (κ1) is 16.5. The third-order valence-electron chi connectivity index (χ3n) is 3.47. The van der Waals surface area contributed by atoms with E-state index in [0.29, 0.717) is 28.2 Å². The number of hydrogen-bond acceptors (Lipinski definition) is 7. The maximum absolute atomic E-state index is 6.27. The number of benzene rings is 1. The van der Waals surface area contributed by atoms with Gasteiger partial charge in [-0.1, -0.05) is 34.4 Å². The molecule has 0 saturated carbocycles. The van der Waals surface area contributed by atoms with Gasteiger partial charge in [-0.2, -0.15) is 16.0 Å². The molecule has 0 aliphatic carbocycles. The van der Waals surface area contributed by atoms with E-state index in [2.05, 4.69) is 37.3 Å². The van der Waals surface area contributed by atoms with Crippen LogP contribution < -0.4 is 5.32 Å². The topological polar surface area (TPSA) is 68.5 Å². The van der Waals surface area contributed by atoms with Crippen molar-refractivity contribution in [1.82, 2.24) is 25.2 Å². The minimum atomic E-state index is 0.399. The van der Waals surface area contributed by atoms with Gasteiger partial charge in [0.25, 0.3) is 0 Å². The first-order chi connectivity index (χ1) is 12.2. The van der Waals surface area contributed by atoms with E-state index in [1.165, 1.54) is 4.68 Å². The second kappa shape index (κ2) is 7.09. The van der Waals surface area contributed by atoms with Crippen molar-refractivity contribution < 1.29 is 0 Å². The molecule has 0 spiro atoms. The molecule has 0 amide bonds. The van der Waals surface area contributed by atoms with Gasteiger partial charge in [-0.05, 0) is 34.0 Å². The Bertz CT molecular complexity index is 995. The lowest BCUT2D eigenvalue weighted by atomic mass is 10.2. The molecule has 10 heteroatoms. The maximum atomic E-state index is 6.27. The van der Waals surface area contributed by atoms with Crippen molar-refractivity contribution in [3.63, 3.8) is 0 Å². The summed E-state index contributed by atoms with van der Waals surface area (Å²) in [6, 6.07) is 7.38. The molecule has 6 nitrogen and oxygen atoms in total. The number of nitrogens with zero attached hydrogens (tertiary/aromatic N) is 5. The van der Waals surface area contributed by atoms with Gasteiger partial charge in [-0.15, -0.1) is 11.3 Å². The second-order valence-electron chi connectivity index (χ2n) is 4.98. The van der Waals surface area contributed by atoms with Crippen LogP contribution in [0.4, 0.5) is 5.95 Å². The van der Waals surface area contributed by atoms with Crippen molar-refractivity contribution in [1.29, 1.82) is 0 Å². The van der Waals surface area contributed by atoms with Crippen LogP contribution in [0.1, 0.15) is 4.88 Å². The summed E-state index contributed by atoms with van der Waals surface area (Å²) in [6.07, 6.45) is 0.